The Morgan fingerprint density at radius 2 is 1.96 bits per heavy atom. The molecule has 1 aliphatic heterocycles. The molecule has 0 bridgehead atoms. The second kappa shape index (κ2) is 6.49. The first kappa shape index (κ1) is 16.0. The standard InChI is InChI=1S/C20H25N5O/c26-19-10-16-4-1-2-7-17(16)23-25(19)13-14-11-24(12-14)18-8-9-21-20(22-18)15-5-3-6-15/h8-10,14-15H,1-7,11-13H2. The average Bonchev–Trinajstić information content (AvgIpc) is 2.56. The number of hydrogen-bond acceptors (Lipinski definition) is 5. The lowest BCUT2D eigenvalue weighted by Crippen LogP contribution is -2.50. The molecule has 6 heteroatoms. The van der Waals surface area contributed by atoms with Crippen LogP contribution in [0.15, 0.2) is 23.1 Å². The van der Waals surface area contributed by atoms with Crippen molar-refractivity contribution in [2.24, 2.45) is 5.92 Å². The molecule has 1 saturated carbocycles. The molecule has 0 amide bonds. The van der Waals surface area contributed by atoms with Crippen LogP contribution in [-0.4, -0.2) is 32.8 Å². The number of fused-ring (bicyclic) bond motifs is 1. The fourth-order valence-electron chi connectivity index (χ4n) is 4.25. The highest BCUT2D eigenvalue weighted by atomic mass is 16.1. The van der Waals surface area contributed by atoms with Gasteiger partial charge in [-0.25, -0.2) is 14.6 Å². The molecule has 136 valence electrons. The zero-order valence-electron chi connectivity index (χ0n) is 15.1. The maximum atomic E-state index is 12.3. The molecule has 0 N–H and O–H groups in total. The van der Waals surface area contributed by atoms with Crippen molar-refractivity contribution in [3.63, 3.8) is 0 Å². The largest absolute Gasteiger partial charge is 0.356 e. The maximum absolute atomic E-state index is 12.3. The smallest absolute Gasteiger partial charge is 0.267 e. The van der Waals surface area contributed by atoms with Crippen LogP contribution in [0.4, 0.5) is 5.82 Å². The van der Waals surface area contributed by atoms with Crippen LogP contribution in [0.1, 0.15) is 55.1 Å². The lowest BCUT2D eigenvalue weighted by atomic mass is 9.85. The monoisotopic (exact) mass is 351 g/mol. The summed E-state index contributed by atoms with van der Waals surface area (Å²) < 4.78 is 1.69. The van der Waals surface area contributed by atoms with Gasteiger partial charge in [0, 0.05) is 37.2 Å². The molecule has 2 aliphatic carbocycles. The Hall–Kier alpha value is -2.24. The van der Waals surface area contributed by atoms with Gasteiger partial charge in [-0.1, -0.05) is 6.42 Å². The maximum Gasteiger partial charge on any atom is 0.267 e. The second-order valence-corrected chi connectivity index (χ2v) is 8.02. The van der Waals surface area contributed by atoms with E-state index in [0.717, 1.165) is 48.8 Å². The van der Waals surface area contributed by atoms with Crippen molar-refractivity contribution in [2.45, 2.75) is 57.4 Å². The van der Waals surface area contributed by atoms with Gasteiger partial charge in [-0.05, 0) is 50.2 Å². The first-order valence-electron chi connectivity index (χ1n) is 9.94. The molecule has 2 fully saturated rings. The lowest BCUT2D eigenvalue weighted by Gasteiger charge is -2.40. The highest BCUT2D eigenvalue weighted by Gasteiger charge is 2.30. The Labute approximate surface area is 153 Å². The molecule has 26 heavy (non-hydrogen) atoms. The normalized spacial score (nSPS) is 20.4. The van der Waals surface area contributed by atoms with E-state index >= 15 is 0 Å². The van der Waals surface area contributed by atoms with Crippen molar-refractivity contribution >= 4 is 5.82 Å². The van der Waals surface area contributed by atoms with Crippen LogP contribution < -0.4 is 10.5 Å². The van der Waals surface area contributed by atoms with Crippen LogP contribution in [0.5, 0.6) is 0 Å². The predicted molar refractivity (Wildman–Crippen MR) is 99.5 cm³/mol. The number of aromatic nitrogens is 4. The minimum atomic E-state index is 0.0541. The van der Waals surface area contributed by atoms with Crippen molar-refractivity contribution in [3.05, 3.63) is 45.8 Å². The van der Waals surface area contributed by atoms with Crippen LogP contribution in [-0.2, 0) is 19.4 Å². The molecule has 5 rings (SSSR count). The summed E-state index contributed by atoms with van der Waals surface area (Å²) in [5, 5.41) is 4.65. The summed E-state index contributed by atoms with van der Waals surface area (Å²) in [5.41, 5.74) is 2.35. The van der Waals surface area contributed by atoms with E-state index in [1.807, 2.05) is 18.3 Å². The van der Waals surface area contributed by atoms with Crippen molar-refractivity contribution in [1.29, 1.82) is 0 Å². The van der Waals surface area contributed by atoms with Crippen molar-refractivity contribution in [2.75, 3.05) is 18.0 Å². The molecule has 0 radical (unpaired) electrons. The first-order chi connectivity index (χ1) is 12.8. The van der Waals surface area contributed by atoms with Gasteiger partial charge in [0.25, 0.3) is 5.56 Å². The van der Waals surface area contributed by atoms with Crippen LogP contribution in [0.3, 0.4) is 0 Å². The highest BCUT2D eigenvalue weighted by Crippen LogP contribution is 2.35. The molecule has 3 aliphatic rings. The summed E-state index contributed by atoms with van der Waals surface area (Å²) >= 11 is 0. The first-order valence-corrected chi connectivity index (χ1v) is 9.94. The molecular formula is C20H25N5O. The summed E-state index contributed by atoms with van der Waals surface area (Å²) in [7, 11) is 0. The summed E-state index contributed by atoms with van der Waals surface area (Å²) in [5.74, 6) is 3.06. The molecule has 0 aromatic carbocycles. The molecule has 2 aromatic rings. The second-order valence-electron chi connectivity index (χ2n) is 8.02. The zero-order valence-corrected chi connectivity index (χ0v) is 15.1. The third-order valence-electron chi connectivity index (χ3n) is 6.12. The van der Waals surface area contributed by atoms with Gasteiger partial charge in [-0.15, -0.1) is 0 Å². The number of anilines is 1. The van der Waals surface area contributed by atoms with E-state index in [-0.39, 0.29) is 5.56 Å². The molecule has 3 heterocycles. The Morgan fingerprint density at radius 1 is 1.12 bits per heavy atom. The fourth-order valence-corrected chi connectivity index (χ4v) is 4.25. The Balaban J connectivity index is 1.24. The minimum Gasteiger partial charge on any atom is -0.356 e. The van der Waals surface area contributed by atoms with Gasteiger partial charge in [0.1, 0.15) is 11.6 Å². The number of hydrogen-bond donors (Lipinski definition) is 0. The molecular weight excluding hydrogens is 326 g/mol. The SMILES string of the molecule is O=c1cc2c(nn1CC1CN(c3ccnc(C4CCC4)n3)C1)CCCC2. The number of nitrogens with zero attached hydrogens (tertiary/aromatic N) is 5. The Bertz CT molecular complexity index is 867. The predicted octanol–water partition coefficient (Wildman–Crippen LogP) is 2.32. The Kier molecular flexibility index (Phi) is 3.98. The quantitative estimate of drug-likeness (QED) is 0.846. The van der Waals surface area contributed by atoms with E-state index in [2.05, 4.69) is 15.0 Å². The van der Waals surface area contributed by atoms with E-state index < -0.39 is 0 Å². The number of aryl methyl sites for hydroxylation is 2. The van der Waals surface area contributed by atoms with Crippen molar-refractivity contribution < 1.29 is 0 Å². The van der Waals surface area contributed by atoms with Crippen molar-refractivity contribution in [1.82, 2.24) is 19.7 Å². The van der Waals surface area contributed by atoms with Crippen LogP contribution in [0.2, 0.25) is 0 Å². The van der Waals surface area contributed by atoms with E-state index in [1.54, 1.807) is 4.68 Å². The Morgan fingerprint density at radius 3 is 2.77 bits per heavy atom. The molecule has 1 saturated heterocycles. The lowest BCUT2D eigenvalue weighted by molar-refractivity contribution is 0.328. The summed E-state index contributed by atoms with van der Waals surface area (Å²) in [4.78, 5) is 23.8. The van der Waals surface area contributed by atoms with Gasteiger partial charge in [0.2, 0.25) is 0 Å². The molecule has 2 aromatic heterocycles. The molecule has 0 spiro atoms. The van der Waals surface area contributed by atoms with Crippen molar-refractivity contribution in [3.8, 4) is 0 Å². The van der Waals surface area contributed by atoms with Gasteiger partial charge in [-0.2, -0.15) is 5.10 Å². The third kappa shape index (κ3) is 2.91. The van der Waals surface area contributed by atoms with Crippen LogP contribution in [0, 0.1) is 5.92 Å². The summed E-state index contributed by atoms with van der Waals surface area (Å²) in [6.45, 7) is 2.59. The van der Waals surface area contributed by atoms with E-state index in [1.165, 1.54) is 32.1 Å². The van der Waals surface area contributed by atoms with Crippen LogP contribution in [0.25, 0.3) is 0 Å². The minimum absolute atomic E-state index is 0.0541. The van der Waals surface area contributed by atoms with E-state index in [0.29, 0.717) is 18.4 Å². The van der Waals surface area contributed by atoms with Gasteiger partial charge >= 0.3 is 0 Å². The van der Waals surface area contributed by atoms with Gasteiger partial charge in [0.05, 0.1) is 12.2 Å². The average molecular weight is 351 g/mol. The third-order valence-corrected chi connectivity index (χ3v) is 6.12. The van der Waals surface area contributed by atoms with Crippen LogP contribution >= 0.6 is 0 Å². The molecule has 6 nitrogen and oxygen atoms in total. The topological polar surface area (TPSA) is 63.9 Å². The summed E-state index contributed by atoms with van der Waals surface area (Å²) in [6.07, 6.45) is 10.0. The van der Waals surface area contributed by atoms with E-state index in [9.17, 15) is 4.79 Å². The highest BCUT2D eigenvalue weighted by molar-refractivity contribution is 5.41. The zero-order chi connectivity index (χ0) is 17.5. The molecule has 0 unspecified atom stereocenters. The summed E-state index contributed by atoms with van der Waals surface area (Å²) in [6, 6.07) is 3.81. The van der Waals surface area contributed by atoms with Gasteiger partial charge in [-0.3, -0.25) is 4.79 Å². The van der Waals surface area contributed by atoms with Gasteiger partial charge in [0.15, 0.2) is 0 Å². The number of rotatable bonds is 4. The van der Waals surface area contributed by atoms with E-state index in [4.69, 9.17) is 4.98 Å². The van der Waals surface area contributed by atoms with Gasteiger partial charge < -0.3 is 4.90 Å². The fraction of sp³-hybridized carbons (Fsp3) is 0.600. The molecule has 0 atom stereocenters.